The number of furan rings is 1. The molecule has 1 aromatic heterocycles. The third-order valence-corrected chi connectivity index (χ3v) is 4.55. The summed E-state index contributed by atoms with van der Waals surface area (Å²) in [6, 6.07) is 15.7. The molecular formula is C18H11BrCl2N2O2. The third-order valence-electron chi connectivity index (χ3n) is 3.30. The number of carbonyl (C=O) groups excluding carboxylic acids is 1. The van der Waals surface area contributed by atoms with E-state index in [2.05, 4.69) is 26.5 Å². The molecule has 0 saturated heterocycles. The highest BCUT2D eigenvalue weighted by Crippen LogP contribution is 2.31. The average molecular weight is 438 g/mol. The highest BCUT2D eigenvalue weighted by molar-refractivity contribution is 9.10. The van der Waals surface area contributed by atoms with Crippen molar-refractivity contribution in [3.05, 3.63) is 80.4 Å². The van der Waals surface area contributed by atoms with Gasteiger partial charge in [-0.1, -0.05) is 35.3 Å². The van der Waals surface area contributed by atoms with E-state index in [1.165, 1.54) is 6.21 Å². The van der Waals surface area contributed by atoms with Crippen molar-refractivity contribution >= 4 is 51.3 Å². The molecule has 0 saturated carbocycles. The Labute approximate surface area is 162 Å². The molecule has 0 aliphatic carbocycles. The molecule has 0 radical (unpaired) electrons. The Kier molecular flexibility index (Phi) is 5.58. The van der Waals surface area contributed by atoms with Crippen LogP contribution in [0.15, 0.2) is 68.6 Å². The van der Waals surface area contributed by atoms with Crippen LogP contribution in [0.5, 0.6) is 0 Å². The fraction of sp³-hybridized carbons (Fsp3) is 0. The summed E-state index contributed by atoms with van der Waals surface area (Å²) < 4.78 is 6.36. The number of hydrogen-bond acceptors (Lipinski definition) is 3. The summed E-state index contributed by atoms with van der Waals surface area (Å²) in [5.74, 6) is 0.706. The normalized spacial score (nSPS) is 11.0. The first-order chi connectivity index (χ1) is 12.0. The molecule has 1 amide bonds. The molecule has 1 N–H and O–H groups in total. The van der Waals surface area contributed by atoms with E-state index in [1.807, 2.05) is 6.07 Å². The van der Waals surface area contributed by atoms with Crippen molar-refractivity contribution in [3.63, 3.8) is 0 Å². The van der Waals surface area contributed by atoms with Crippen LogP contribution in [0, 0.1) is 0 Å². The van der Waals surface area contributed by atoms with E-state index in [1.54, 1.807) is 48.5 Å². The van der Waals surface area contributed by atoms with Crippen molar-refractivity contribution in [2.45, 2.75) is 0 Å². The molecule has 3 rings (SSSR count). The van der Waals surface area contributed by atoms with Crippen molar-refractivity contribution in [1.82, 2.24) is 5.43 Å². The van der Waals surface area contributed by atoms with Gasteiger partial charge in [0.2, 0.25) is 0 Å². The van der Waals surface area contributed by atoms with Gasteiger partial charge in [-0.25, -0.2) is 5.43 Å². The minimum atomic E-state index is -0.326. The lowest BCUT2D eigenvalue weighted by molar-refractivity contribution is 0.0954. The molecule has 4 nitrogen and oxygen atoms in total. The summed E-state index contributed by atoms with van der Waals surface area (Å²) >= 11 is 15.5. The number of rotatable bonds is 4. The lowest BCUT2D eigenvalue weighted by Crippen LogP contribution is -2.17. The molecule has 0 atom stereocenters. The maximum Gasteiger partial charge on any atom is 0.272 e. The SMILES string of the molecule is O=C(N/N=C\c1ccc(-c2cc(Cl)ccc2Cl)o1)c1ccccc1Br. The Morgan fingerprint density at radius 1 is 1.12 bits per heavy atom. The van der Waals surface area contributed by atoms with Gasteiger partial charge in [0, 0.05) is 15.1 Å². The lowest BCUT2D eigenvalue weighted by atomic mass is 10.2. The Balaban J connectivity index is 1.71. The van der Waals surface area contributed by atoms with Crippen molar-refractivity contribution in [2.24, 2.45) is 5.10 Å². The number of hydrogen-bond donors (Lipinski definition) is 1. The van der Waals surface area contributed by atoms with Crippen molar-refractivity contribution < 1.29 is 9.21 Å². The topological polar surface area (TPSA) is 54.6 Å². The molecule has 2 aromatic carbocycles. The molecule has 1 heterocycles. The smallest absolute Gasteiger partial charge is 0.272 e. The maximum absolute atomic E-state index is 12.0. The van der Waals surface area contributed by atoms with Crippen LogP contribution in [-0.4, -0.2) is 12.1 Å². The van der Waals surface area contributed by atoms with E-state index in [-0.39, 0.29) is 5.91 Å². The van der Waals surface area contributed by atoms with E-state index in [4.69, 9.17) is 27.6 Å². The molecule has 126 valence electrons. The third kappa shape index (κ3) is 4.31. The zero-order chi connectivity index (χ0) is 17.8. The van der Waals surface area contributed by atoms with E-state index in [0.717, 1.165) is 0 Å². The molecule has 0 spiro atoms. The second-order valence-electron chi connectivity index (χ2n) is 5.01. The highest BCUT2D eigenvalue weighted by atomic mass is 79.9. The first kappa shape index (κ1) is 17.7. The zero-order valence-corrected chi connectivity index (χ0v) is 15.8. The van der Waals surface area contributed by atoms with Crippen LogP contribution in [0.1, 0.15) is 16.1 Å². The first-order valence-electron chi connectivity index (χ1n) is 7.18. The minimum Gasteiger partial charge on any atom is -0.455 e. The van der Waals surface area contributed by atoms with Gasteiger partial charge < -0.3 is 4.42 Å². The number of benzene rings is 2. The largest absolute Gasteiger partial charge is 0.455 e. The summed E-state index contributed by atoms with van der Waals surface area (Å²) in [7, 11) is 0. The van der Waals surface area contributed by atoms with Crippen LogP contribution in [0.2, 0.25) is 10.0 Å². The first-order valence-corrected chi connectivity index (χ1v) is 8.72. The molecule has 0 unspecified atom stereocenters. The number of hydrazone groups is 1. The Morgan fingerprint density at radius 3 is 2.72 bits per heavy atom. The van der Waals surface area contributed by atoms with Gasteiger partial charge in [0.25, 0.3) is 5.91 Å². The maximum atomic E-state index is 12.0. The monoisotopic (exact) mass is 436 g/mol. The molecule has 0 bridgehead atoms. The van der Waals surface area contributed by atoms with Crippen LogP contribution >= 0.6 is 39.1 Å². The van der Waals surface area contributed by atoms with Gasteiger partial charge in [-0.2, -0.15) is 5.10 Å². The number of nitrogens with one attached hydrogen (secondary N) is 1. The Bertz CT molecular complexity index is 954. The number of carbonyl (C=O) groups is 1. The standard InChI is InChI=1S/C18H11BrCl2N2O2/c19-15-4-2-1-3-13(15)18(24)23-22-10-12-6-8-17(25-12)14-9-11(20)5-7-16(14)21/h1-10H,(H,23,24)/b22-10-. The van der Waals surface area contributed by atoms with E-state index in [0.29, 0.717) is 37.2 Å². The fourth-order valence-corrected chi connectivity index (χ4v) is 2.96. The van der Waals surface area contributed by atoms with E-state index < -0.39 is 0 Å². The predicted molar refractivity (Wildman–Crippen MR) is 103 cm³/mol. The van der Waals surface area contributed by atoms with Crippen molar-refractivity contribution in [3.8, 4) is 11.3 Å². The highest BCUT2D eigenvalue weighted by Gasteiger charge is 2.10. The van der Waals surface area contributed by atoms with Gasteiger partial charge in [-0.05, 0) is 58.4 Å². The van der Waals surface area contributed by atoms with Gasteiger partial charge in [0.15, 0.2) is 0 Å². The summed E-state index contributed by atoms with van der Waals surface area (Å²) in [6.07, 6.45) is 1.41. The van der Waals surface area contributed by atoms with Crippen LogP contribution in [0.4, 0.5) is 0 Å². The van der Waals surface area contributed by atoms with Gasteiger partial charge in [0.1, 0.15) is 11.5 Å². The molecular weight excluding hydrogens is 427 g/mol. The second-order valence-corrected chi connectivity index (χ2v) is 6.70. The van der Waals surface area contributed by atoms with Gasteiger partial charge >= 0.3 is 0 Å². The van der Waals surface area contributed by atoms with Gasteiger partial charge in [-0.15, -0.1) is 0 Å². The van der Waals surface area contributed by atoms with Crippen molar-refractivity contribution in [1.29, 1.82) is 0 Å². The number of nitrogens with zero attached hydrogens (tertiary/aromatic N) is 1. The minimum absolute atomic E-state index is 0.326. The van der Waals surface area contributed by atoms with Gasteiger partial charge in [-0.3, -0.25) is 4.79 Å². The van der Waals surface area contributed by atoms with Crippen molar-refractivity contribution in [2.75, 3.05) is 0 Å². The Morgan fingerprint density at radius 2 is 1.92 bits per heavy atom. The van der Waals surface area contributed by atoms with E-state index >= 15 is 0 Å². The van der Waals surface area contributed by atoms with Crippen LogP contribution in [0.3, 0.4) is 0 Å². The lowest BCUT2D eigenvalue weighted by Gasteiger charge is -2.02. The molecule has 3 aromatic rings. The molecule has 25 heavy (non-hydrogen) atoms. The summed E-state index contributed by atoms with van der Waals surface area (Å²) in [6.45, 7) is 0. The van der Waals surface area contributed by atoms with Gasteiger partial charge in [0.05, 0.1) is 16.8 Å². The summed E-state index contributed by atoms with van der Waals surface area (Å²) in [4.78, 5) is 12.0. The Hall–Kier alpha value is -2.08. The number of amides is 1. The summed E-state index contributed by atoms with van der Waals surface area (Å²) in [5.41, 5.74) is 3.63. The fourth-order valence-electron chi connectivity index (χ4n) is 2.11. The molecule has 7 heteroatoms. The zero-order valence-electron chi connectivity index (χ0n) is 12.7. The summed E-state index contributed by atoms with van der Waals surface area (Å²) in [5, 5.41) is 5.00. The average Bonchev–Trinajstić information content (AvgIpc) is 3.06. The second kappa shape index (κ2) is 7.87. The molecule has 0 aliphatic rings. The van der Waals surface area contributed by atoms with Crippen LogP contribution in [-0.2, 0) is 0 Å². The van der Waals surface area contributed by atoms with Crippen LogP contribution in [0.25, 0.3) is 11.3 Å². The number of halogens is 3. The molecule has 0 aliphatic heterocycles. The molecule has 0 fully saturated rings. The van der Waals surface area contributed by atoms with E-state index in [9.17, 15) is 4.79 Å². The quantitative estimate of drug-likeness (QED) is 0.415. The van der Waals surface area contributed by atoms with Crippen LogP contribution < -0.4 is 5.43 Å². The predicted octanol–water partition coefficient (Wildman–Crippen LogP) is 5.78.